The lowest BCUT2D eigenvalue weighted by Crippen LogP contribution is -2.27. The van der Waals surface area contributed by atoms with Crippen molar-refractivity contribution in [2.45, 2.75) is 23.6 Å². The summed E-state index contributed by atoms with van der Waals surface area (Å²) >= 11 is 1.54. The van der Waals surface area contributed by atoms with E-state index in [-0.39, 0.29) is 22.8 Å². The molecule has 2 heterocycles. The zero-order chi connectivity index (χ0) is 14.8. The van der Waals surface area contributed by atoms with E-state index < -0.39 is 0 Å². The Labute approximate surface area is 126 Å². The normalized spacial score (nSPS) is 17.0. The maximum Gasteiger partial charge on any atom is 0.287 e. The summed E-state index contributed by atoms with van der Waals surface area (Å²) in [6, 6.07) is 9.07. The number of carbonyl (C=O) groups is 2. The molecule has 5 nitrogen and oxygen atoms in total. The standard InChI is InChI=1S/C15H14N2O3S/c1-9-14(18)17-11-7-10(4-5-13(11)21-9)8-16-15(19)12-3-2-6-20-12/h2-7,9H,8H2,1H3,(H,16,19)(H,17,18). The van der Waals surface area contributed by atoms with Crippen LogP contribution in [0.25, 0.3) is 0 Å². The number of hydrogen-bond donors (Lipinski definition) is 2. The van der Waals surface area contributed by atoms with Gasteiger partial charge in [0.1, 0.15) is 0 Å². The van der Waals surface area contributed by atoms with E-state index in [2.05, 4.69) is 10.6 Å². The monoisotopic (exact) mass is 302 g/mol. The van der Waals surface area contributed by atoms with Gasteiger partial charge in [0, 0.05) is 11.4 Å². The van der Waals surface area contributed by atoms with Crippen molar-refractivity contribution in [2.24, 2.45) is 0 Å². The summed E-state index contributed by atoms with van der Waals surface area (Å²) in [4.78, 5) is 24.5. The Morgan fingerprint density at radius 1 is 1.43 bits per heavy atom. The molecule has 0 bridgehead atoms. The largest absolute Gasteiger partial charge is 0.459 e. The number of thioether (sulfide) groups is 1. The minimum atomic E-state index is -0.259. The Kier molecular flexibility index (Phi) is 3.70. The Hall–Kier alpha value is -2.21. The van der Waals surface area contributed by atoms with E-state index in [1.54, 1.807) is 12.1 Å². The first kappa shape index (κ1) is 13.8. The van der Waals surface area contributed by atoms with E-state index in [9.17, 15) is 9.59 Å². The van der Waals surface area contributed by atoms with Crippen molar-refractivity contribution in [2.75, 3.05) is 5.32 Å². The lowest BCUT2D eigenvalue weighted by molar-refractivity contribution is -0.115. The smallest absolute Gasteiger partial charge is 0.287 e. The van der Waals surface area contributed by atoms with Crippen LogP contribution in [0, 0.1) is 0 Å². The van der Waals surface area contributed by atoms with Gasteiger partial charge in [-0.05, 0) is 36.8 Å². The first-order valence-electron chi connectivity index (χ1n) is 6.55. The number of benzene rings is 1. The highest BCUT2D eigenvalue weighted by atomic mass is 32.2. The fraction of sp³-hybridized carbons (Fsp3) is 0.200. The van der Waals surface area contributed by atoms with Gasteiger partial charge in [-0.1, -0.05) is 6.07 Å². The average molecular weight is 302 g/mol. The second-order valence-corrected chi connectivity index (χ2v) is 6.12. The molecule has 1 aromatic heterocycles. The molecule has 0 saturated heterocycles. The van der Waals surface area contributed by atoms with E-state index in [1.165, 1.54) is 18.0 Å². The van der Waals surface area contributed by atoms with Gasteiger partial charge < -0.3 is 15.1 Å². The van der Waals surface area contributed by atoms with Crippen LogP contribution in [0.2, 0.25) is 0 Å². The van der Waals surface area contributed by atoms with Crippen LogP contribution in [0.3, 0.4) is 0 Å². The number of furan rings is 1. The summed E-state index contributed by atoms with van der Waals surface area (Å²) in [7, 11) is 0. The molecule has 108 valence electrons. The number of anilines is 1. The van der Waals surface area contributed by atoms with Crippen LogP contribution in [-0.2, 0) is 11.3 Å². The van der Waals surface area contributed by atoms with E-state index >= 15 is 0 Å². The minimum Gasteiger partial charge on any atom is -0.459 e. The van der Waals surface area contributed by atoms with Gasteiger partial charge in [-0.3, -0.25) is 9.59 Å². The molecule has 0 fully saturated rings. The molecule has 1 unspecified atom stereocenters. The third kappa shape index (κ3) is 2.95. The zero-order valence-corrected chi connectivity index (χ0v) is 12.2. The minimum absolute atomic E-state index is 0.00395. The van der Waals surface area contributed by atoms with Crippen molar-refractivity contribution in [3.63, 3.8) is 0 Å². The molecule has 0 saturated carbocycles. The molecule has 0 aliphatic carbocycles. The van der Waals surface area contributed by atoms with Crippen LogP contribution in [-0.4, -0.2) is 17.1 Å². The Morgan fingerprint density at radius 3 is 3.05 bits per heavy atom. The molecule has 1 aliphatic heterocycles. The Bertz CT molecular complexity index is 682. The quantitative estimate of drug-likeness (QED) is 0.914. The van der Waals surface area contributed by atoms with Crippen molar-refractivity contribution >= 4 is 29.3 Å². The fourth-order valence-corrected chi connectivity index (χ4v) is 2.97. The number of rotatable bonds is 3. The predicted octanol–water partition coefficient (Wildman–Crippen LogP) is 2.64. The van der Waals surface area contributed by atoms with E-state index in [1.807, 2.05) is 25.1 Å². The predicted molar refractivity (Wildman–Crippen MR) is 80.3 cm³/mol. The Morgan fingerprint density at radius 2 is 2.29 bits per heavy atom. The molecule has 2 N–H and O–H groups in total. The van der Waals surface area contributed by atoms with Gasteiger partial charge in [-0.15, -0.1) is 11.8 Å². The highest BCUT2D eigenvalue weighted by Gasteiger charge is 2.22. The number of nitrogens with one attached hydrogen (secondary N) is 2. The SMILES string of the molecule is CC1Sc2ccc(CNC(=O)c3ccco3)cc2NC1=O. The number of carbonyl (C=O) groups excluding carboxylic acids is 2. The second-order valence-electron chi connectivity index (χ2n) is 4.74. The molecule has 2 amide bonds. The number of hydrogen-bond acceptors (Lipinski definition) is 4. The van der Waals surface area contributed by atoms with Gasteiger partial charge in [-0.25, -0.2) is 0 Å². The molecule has 1 aliphatic rings. The summed E-state index contributed by atoms with van der Waals surface area (Å²) in [5.74, 6) is 0.0275. The van der Waals surface area contributed by atoms with Gasteiger partial charge >= 0.3 is 0 Å². The highest BCUT2D eigenvalue weighted by Crippen LogP contribution is 2.35. The molecule has 6 heteroatoms. The summed E-state index contributed by atoms with van der Waals surface area (Å²) in [5.41, 5.74) is 1.72. The van der Waals surface area contributed by atoms with Crippen molar-refractivity contribution in [1.82, 2.24) is 5.32 Å². The number of amides is 2. The lowest BCUT2D eigenvalue weighted by atomic mass is 10.2. The first-order chi connectivity index (χ1) is 10.1. The van der Waals surface area contributed by atoms with Crippen molar-refractivity contribution in [3.05, 3.63) is 47.9 Å². The summed E-state index contributed by atoms with van der Waals surface area (Å²) < 4.78 is 5.03. The summed E-state index contributed by atoms with van der Waals surface area (Å²) in [6.07, 6.45) is 1.46. The molecule has 1 aromatic carbocycles. The van der Waals surface area contributed by atoms with E-state index in [4.69, 9.17) is 4.42 Å². The van der Waals surface area contributed by atoms with Gasteiger partial charge in [0.15, 0.2) is 5.76 Å². The van der Waals surface area contributed by atoms with Gasteiger partial charge in [0.05, 0.1) is 17.2 Å². The molecule has 21 heavy (non-hydrogen) atoms. The Balaban J connectivity index is 1.69. The van der Waals surface area contributed by atoms with Crippen molar-refractivity contribution in [1.29, 1.82) is 0 Å². The van der Waals surface area contributed by atoms with Crippen molar-refractivity contribution in [3.8, 4) is 0 Å². The van der Waals surface area contributed by atoms with Gasteiger partial charge in [0.25, 0.3) is 5.91 Å². The van der Waals surface area contributed by atoms with E-state index in [0.29, 0.717) is 6.54 Å². The fourth-order valence-electron chi connectivity index (χ4n) is 2.04. The third-order valence-electron chi connectivity index (χ3n) is 3.17. The average Bonchev–Trinajstić information content (AvgIpc) is 3.00. The van der Waals surface area contributed by atoms with E-state index in [0.717, 1.165) is 16.1 Å². The van der Waals surface area contributed by atoms with Crippen LogP contribution in [0.4, 0.5) is 5.69 Å². The molecule has 1 atom stereocenters. The second kappa shape index (κ2) is 5.65. The van der Waals surface area contributed by atoms with Crippen LogP contribution in [0.5, 0.6) is 0 Å². The van der Waals surface area contributed by atoms with Gasteiger partial charge in [0.2, 0.25) is 5.91 Å². The maximum absolute atomic E-state index is 11.8. The summed E-state index contributed by atoms with van der Waals surface area (Å²) in [6.45, 7) is 2.25. The maximum atomic E-state index is 11.8. The first-order valence-corrected chi connectivity index (χ1v) is 7.43. The van der Waals surface area contributed by atoms with Gasteiger partial charge in [-0.2, -0.15) is 0 Å². The lowest BCUT2D eigenvalue weighted by Gasteiger charge is -2.21. The van der Waals surface area contributed by atoms with Crippen LogP contribution in [0.1, 0.15) is 23.0 Å². The third-order valence-corrected chi connectivity index (χ3v) is 4.35. The number of fused-ring (bicyclic) bond motifs is 1. The molecule has 3 rings (SSSR count). The van der Waals surface area contributed by atoms with Crippen LogP contribution < -0.4 is 10.6 Å². The molecule has 0 spiro atoms. The zero-order valence-electron chi connectivity index (χ0n) is 11.4. The molecular formula is C15H14N2O3S. The van der Waals surface area contributed by atoms with Crippen LogP contribution in [0.15, 0.2) is 45.9 Å². The molecule has 0 radical (unpaired) electrons. The molecule has 2 aromatic rings. The molecular weight excluding hydrogens is 288 g/mol. The summed E-state index contributed by atoms with van der Waals surface area (Å²) in [5, 5.41) is 5.57. The topological polar surface area (TPSA) is 71.3 Å². The highest BCUT2D eigenvalue weighted by molar-refractivity contribution is 8.00. The van der Waals surface area contributed by atoms with Crippen molar-refractivity contribution < 1.29 is 14.0 Å². The van der Waals surface area contributed by atoms with Crippen LogP contribution >= 0.6 is 11.8 Å².